The molecule has 108 valence electrons. The fourth-order valence-corrected chi connectivity index (χ4v) is 2.06. The fourth-order valence-electron chi connectivity index (χ4n) is 2.06. The maximum atomic E-state index is 10.4. The highest BCUT2D eigenvalue weighted by Gasteiger charge is 2.19. The highest BCUT2D eigenvalue weighted by molar-refractivity contribution is 5.72. The molecular weight excluding hydrogens is 266 g/mol. The number of aromatic nitrogens is 4. The van der Waals surface area contributed by atoms with Gasteiger partial charge in [0.15, 0.2) is 11.5 Å². The van der Waals surface area contributed by atoms with Crippen molar-refractivity contribution in [2.24, 2.45) is 0 Å². The second-order valence-electron chi connectivity index (χ2n) is 5.97. The minimum Gasteiger partial charge on any atom is -0.329 e. The first-order valence-corrected chi connectivity index (χ1v) is 6.74. The summed E-state index contributed by atoms with van der Waals surface area (Å²) >= 11 is 0. The van der Waals surface area contributed by atoms with Crippen LogP contribution < -0.4 is 5.32 Å². The summed E-state index contributed by atoms with van der Waals surface area (Å²) in [5, 5.41) is 11.5. The molecule has 2 aromatic heterocycles. The van der Waals surface area contributed by atoms with Gasteiger partial charge in [-0.1, -0.05) is 20.8 Å². The largest absolute Gasteiger partial charge is 0.329 e. The SMILES string of the molecule is CC(C)(C)c1cc2[nH]c(-c3ccc(NC=O)cc3)nn2n1. The Hall–Kier alpha value is -2.63. The molecule has 0 radical (unpaired) electrons. The van der Waals surface area contributed by atoms with E-state index in [0.717, 1.165) is 28.4 Å². The van der Waals surface area contributed by atoms with Crippen molar-refractivity contribution in [1.82, 2.24) is 19.8 Å². The number of anilines is 1. The van der Waals surface area contributed by atoms with Crippen LogP contribution in [0.5, 0.6) is 0 Å². The number of benzene rings is 1. The van der Waals surface area contributed by atoms with Crippen molar-refractivity contribution in [3.05, 3.63) is 36.0 Å². The number of hydrogen-bond acceptors (Lipinski definition) is 3. The molecule has 0 unspecified atom stereocenters. The average molecular weight is 283 g/mol. The Morgan fingerprint density at radius 3 is 2.48 bits per heavy atom. The van der Waals surface area contributed by atoms with E-state index >= 15 is 0 Å². The third kappa shape index (κ3) is 2.52. The van der Waals surface area contributed by atoms with E-state index in [4.69, 9.17) is 0 Å². The molecule has 21 heavy (non-hydrogen) atoms. The van der Waals surface area contributed by atoms with Crippen LogP contribution in [-0.2, 0) is 10.2 Å². The van der Waals surface area contributed by atoms with Crippen LogP contribution in [0, 0.1) is 0 Å². The van der Waals surface area contributed by atoms with Crippen molar-refractivity contribution in [1.29, 1.82) is 0 Å². The van der Waals surface area contributed by atoms with E-state index in [9.17, 15) is 4.79 Å². The molecule has 2 N–H and O–H groups in total. The molecule has 0 saturated carbocycles. The predicted molar refractivity (Wildman–Crippen MR) is 81.2 cm³/mol. The molecule has 0 atom stereocenters. The van der Waals surface area contributed by atoms with E-state index in [0.29, 0.717) is 6.41 Å². The van der Waals surface area contributed by atoms with E-state index in [1.165, 1.54) is 0 Å². The number of H-pyrrole nitrogens is 1. The average Bonchev–Trinajstić information content (AvgIpc) is 2.97. The van der Waals surface area contributed by atoms with Gasteiger partial charge in [-0.2, -0.15) is 5.10 Å². The Bertz CT molecular complexity index is 745. The number of carbonyl (C=O) groups is 1. The smallest absolute Gasteiger partial charge is 0.211 e. The van der Waals surface area contributed by atoms with E-state index < -0.39 is 0 Å². The van der Waals surface area contributed by atoms with Crippen LogP contribution in [0.15, 0.2) is 30.3 Å². The number of carbonyl (C=O) groups excluding carboxylic acids is 1. The lowest BCUT2D eigenvalue weighted by Gasteiger charge is -2.13. The van der Waals surface area contributed by atoms with Crippen LogP contribution in [0.3, 0.4) is 0 Å². The third-order valence-electron chi connectivity index (χ3n) is 3.28. The van der Waals surface area contributed by atoms with E-state index in [2.05, 4.69) is 41.3 Å². The van der Waals surface area contributed by atoms with Crippen molar-refractivity contribution < 1.29 is 4.79 Å². The van der Waals surface area contributed by atoms with Crippen LogP contribution in [-0.4, -0.2) is 26.2 Å². The maximum Gasteiger partial charge on any atom is 0.211 e. The molecule has 0 aliphatic rings. The summed E-state index contributed by atoms with van der Waals surface area (Å²) in [7, 11) is 0. The van der Waals surface area contributed by atoms with E-state index in [1.807, 2.05) is 30.3 Å². The Labute approximate surface area is 122 Å². The molecule has 6 heteroatoms. The van der Waals surface area contributed by atoms with Gasteiger partial charge in [-0.15, -0.1) is 9.73 Å². The van der Waals surface area contributed by atoms with Crippen LogP contribution in [0.1, 0.15) is 26.5 Å². The molecule has 1 aromatic carbocycles. The van der Waals surface area contributed by atoms with Crippen LogP contribution in [0.2, 0.25) is 0 Å². The highest BCUT2D eigenvalue weighted by atomic mass is 16.1. The third-order valence-corrected chi connectivity index (χ3v) is 3.28. The Morgan fingerprint density at radius 2 is 1.90 bits per heavy atom. The molecule has 0 bridgehead atoms. The zero-order valence-electron chi connectivity index (χ0n) is 12.2. The summed E-state index contributed by atoms with van der Waals surface area (Å²) in [6, 6.07) is 9.47. The lowest BCUT2D eigenvalue weighted by molar-refractivity contribution is -0.105. The number of rotatable bonds is 3. The summed E-state index contributed by atoms with van der Waals surface area (Å²) in [6.07, 6.45) is 0.657. The number of hydrogen-bond donors (Lipinski definition) is 2. The van der Waals surface area contributed by atoms with Gasteiger partial charge in [0.1, 0.15) is 0 Å². The first-order valence-electron chi connectivity index (χ1n) is 6.74. The molecule has 1 amide bonds. The second-order valence-corrected chi connectivity index (χ2v) is 5.97. The van der Waals surface area contributed by atoms with Crippen molar-refractivity contribution >= 4 is 17.7 Å². The lowest BCUT2D eigenvalue weighted by Crippen LogP contribution is -2.12. The zero-order valence-corrected chi connectivity index (χ0v) is 12.2. The van der Waals surface area contributed by atoms with Gasteiger partial charge >= 0.3 is 0 Å². The molecule has 0 spiro atoms. The van der Waals surface area contributed by atoms with Gasteiger partial charge in [0, 0.05) is 22.7 Å². The molecule has 0 saturated heterocycles. The van der Waals surface area contributed by atoms with Gasteiger partial charge in [0.25, 0.3) is 0 Å². The summed E-state index contributed by atoms with van der Waals surface area (Å²) in [5.74, 6) is 0.746. The van der Waals surface area contributed by atoms with E-state index in [1.54, 1.807) is 4.63 Å². The van der Waals surface area contributed by atoms with Gasteiger partial charge in [0.05, 0.1) is 5.69 Å². The minimum atomic E-state index is -0.00312. The summed E-state index contributed by atoms with van der Waals surface area (Å²) < 4.78 is 1.62. The summed E-state index contributed by atoms with van der Waals surface area (Å²) in [6.45, 7) is 6.36. The number of fused-ring (bicyclic) bond motifs is 1. The second kappa shape index (κ2) is 4.73. The summed E-state index contributed by atoms with van der Waals surface area (Å²) in [4.78, 5) is 13.6. The lowest BCUT2D eigenvalue weighted by atomic mass is 9.93. The Balaban J connectivity index is 1.94. The molecule has 3 aromatic rings. The fraction of sp³-hybridized carbons (Fsp3) is 0.267. The van der Waals surface area contributed by atoms with Crippen molar-refractivity contribution in [3.8, 4) is 11.4 Å². The molecule has 0 fully saturated rings. The maximum absolute atomic E-state index is 10.4. The first kappa shape index (κ1) is 13.4. The van der Waals surface area contributed by atoms with Gasteiger partial charge in [0.2, 0.25) is 6.41 Å². The number of amides is 1. The minimum absolute atomic E-state index is 0.00312. The van der Waals surface area contributed by atoms with Gasteiger partial charge in [-0.3, -0.25) is 4.79 Å². The van der Waals surface area contributed by atoms with Gasteiger partial charge < -0.3 is 10.3 Å². The number of nitrogens with one attached hydrogen (secondary N) is 2. The zero-order chi connectivity index (χ0) is 15.0. The molecule has 3 rings (SSSR count). The Kier molecular flexibility index (Phi) is 3.01. The first-order chi connectivity index (χ1) is 9.97. The summed E-state index contributed by atoms with van der Waals surface area (Å²) in [5.41, 5.74) is 3.55. The molecule has 0 aliphatic carbocycles. The van der Waals surface area contributed by atoms with Crippen molar-refractivity contribution in [3.63, 3.8) is 0 Å². The standard InChI is InChI=1S/C15H17N5O/c1-15(2,3)12-8-13-17-14(19-20(13)18-12)10-4-6-11(7-5-10)16-9-21/h4-9H,1-3H3,(H,16,21)(H,17,19). The quantitative estimate of drug-likeness (QED) is 0.725. The van der Waals surface area contributed by atoms with Crippen LogP contribution in [0.4, 0.5) is 5.69 Å². The highest BCUT2D eigenvalue weighted by Crippen LogP contribution is 2.23. The van der Waals surface area contributed by atoms with Crippen molar-refractivity contribution in [2.75, 3.05) is 5.32 Å². The van der Waals surface area contributed by atoms with Gasteiger partial charge in [-0.25, -0.2) is 0 Å². The topological polar surface area (TPSA) is 75.1 Å². The van der Waals surface area contributed by atoms with E-state index in [-0.39, 0.29) is 5.41 Å². The van der Waals surface area contributed by atoms with Crippen LogP contribution >= 0.6 is 0 Å². The van der Waals surface area contributed by atoms with Crippen molar-refractivity contribution in [2.45, 2.75) is 26.2 Å². The van der Waals surface area contributed by atoms with Crippen LogP contribution in [0.25, 0.3) is 17.0 Å². The monoisotopic (exact) mass is 283 g/mol. The molecule has 0 aliphatic heterocycles. The number of aromatic amines is 1. The Morgan fingerprint density at radius 1 is 1.19 bits per heavy atom. The predicted octanol–water partition coefficient (Wildman–Crippen LogP) is 2.59. The molecular formula is C15H17N5O. The number of nitrogens with zero attached hydrogens (tertiary/aromatic N) is 3. The van der Waals surface area contributed by atoms with Gasteiger partial charge in [-0.05, 0) is 24.3 Å². The normalized spacial score (nSPS) is 11.8. The molecule has 6 nitrogen and oxygen atoms in total. The molecule has 2 heterocycles.